The molecule has 1 saturated heterocycles. The maximum absolute atomic E-state index is 12.5. The Morgan fingerprint density at radius 3 is 2.44 bits per heavy atom. The van der Waals surface area contributed by atoms with Crippen LogP contribution in [0.1, 0.15) is 24.5 Å². The Morgan fingerprint density at radius 1 is 1.00 bits per heavy atom. The summed E-state index contributed by atoms with van der Waals surface area (Å²) in [6, 6.07) is 19.0. The zero-order valence-corrected chi connectivity index (χ0v) is 22.3. The summed E-state index contributed by atoms with van der Waals surface area (Å²) >= 11 is 0. The number of hydrogen-bond donors (Lipinski definition) is 2. The van der Waals surface area contributed by atoms with Gasteiger partial charge in [-0.05, 0) is 36.6 Å². The van der Waals surface area contributed by atoms with Crippen molar-refractivity contribution in [1.82, 2.24) is 15.5 Å². The van der Waals surface area contributed by atoms with E-state index in [4.69, 9.17) is 4.99 Å². The zero-order valence-electron chi connectivity index (χ0n) is 20.0. The third-order valence-corrected chi connectivity index (χ3v) is 6.25. The van der Waals surface area contributed by atoms with Gasteiger partial charge in [-0.1, -0.05) is 54.6 Å². The summed E-state index contributed by atoms with van der Waals surface area (Å²) in [5, 5.41) is 6.77. The summed E-state index contributed by atoms with van der Waals surface area (Å²) in [7, 11) is 0. The molecule has 4 rings (SSSR count). The Morgan fingerprint density at radius 2 is 1.74 bits per heavy atom. The van der Waals surface area contributed by atoms with E-state index >= 15 is 0 Å². The number of amides is 1. The smallest absolute Gasteiger partial charge is 0.223 e. The topological polar surface area (TPSA) is 60.0 Å². The van der Waals surface area contributed by atoms with E-state index < -0.39 is 0 Å². The van der Waals surface area contributed by atoms with Crippen LogP contribution in [0.25, 0.3) is 0 Å². The number of anilines is 1. The molecule has 2 aliphatic rings. The van der Waals surface area contributed by atoms with Crippen molar-refractivity contribution >= 4 is 41.5 Å². The van der Waals surface area contributed by atoms with E-state index in [9.17, 15) is 4.79 Å². The molecule has 0 aromatic heterocycles. The Kier molecular flexibility index (Phi) is 10.2. The normalized spacial score (nSPS) is 17.7. The molecule has 0 aliphatic carbocycles. The highest BCUT2D eigenvalue weighted by atomic mass is 127. The maximum Gasteiger partial charge on any atom is 0.223 e. The Balaban J connectivity index is 0.00000324. The van der Waals surface area contributed by atoms with E-state index in [1.54, 1.807) is 0 Å². The highest BCUT2D eigenvalue weighted by Gasteiger charge is 2.29. The molecular formula is C27H36IN5O. The lowest BCUT2D eigenvalue weighted by atomic mass is 10.1. The predicted octanol–water partition coefficient (Wildman–Crippen LogP) is 3.83. The fraction of sp³-hybridized carbons (Fsp3) is 0.407. The van der Waals surface area contributed by atoms with Crippen LogP contribution in [0.2, 0.25) is 0 Å². The molecule has 2 aromatic rings. The lowest BCUT2D eigenvalue weighted by molar-refractivity contribution is -0.127. The van der Waals surface area contributed by atoms with Gasteiger partial charge in [0.05, 0.1) is 6.54 Å². The molecule has 0 radical (unpaired) electrons. The van der Waals surface area contributed by atoms with E-state index in [1.165, 1.54) is 16.8 Å². The number of halogens is 1. The van der Waals surface area contributed by atoms with Crippen molar-refractivity contribution in [1.29, 1.82) is 0 Å². The van der Waals surface area contributed by atoms with Crippen molar-refractivity contribution in [2.45, 2.75) is 26.3 Å². The van der Waals surface area contributed by atoms with Gasteiger partial charge < -0.3 is 20.4 Å². The molecule has 1 unspecified atom stereocenters. The standard InChI is InChI=1S/C27H35N5O.HI/c1-2-28-27(29-19-23-10-12-25(13-11-23)31-15-6-7-16-31)30-20-24-18-26(33)32(21-24)17-14-22-8-4-3-5-9-22;/h3-13,24H,2,14-21H2,1H3,(H2,28,29,30);1H. The number of nitrogens with zero attached hydrogens (tertiary/aromatic N) is 3. The quantitative estimate of drug-likeness (QED) is 0.207. The molecule has 1 fully saturated rings. The average Bonchev–Trinajstić information content (AvgIpc) is 3.50. The molecule has 2 aromatic carbocycles. The molecule has 2 heterocycles. The molecule has 0 bridgehead atoms. The molecule has 0 saturated carbocycles. The van der Waals surface area contributed by atoms with Crippen LogP contribution in [0.4, 0.5) is 5.69 Å². The lowest BCUT2D eigenvalue weighted by Gasteiger charge is -2.18. The highest BCUT2D eigenvalue weighted by molar-refractivity contribution is 14.0. The third-order valence-electron chi connectivity index (χ3n) is 6.25. The molecule has 2 N–H and O–H groups in total. The first-order valence-corrected chi connectivity index (χ1v) is 12.0. The van der Waals surface area contributed by atoms with E-state index in [-0.39, 0.29) is 29.9 Å². The van der Waals surface area contributed by atoms with Gasteiger partial charge in [0, 0.05) is 57.3 Å². The molecule has 1 amide bonds. The minimum Gasteiger partial charge on any atom is -0.364 e. The summed E-state index contributed by atoms with van der Waals surface area (Å²) < 4.78 is 0. The van der Waals surface area contributed by atoms with Gasteiger partial charge in [-0.25, -0.2) is 4.99 Å². The molecule has 182 valence electrons. The summed E-state index contributed by atoms with van der Waals surface area (Å²) in [5.41, 5.74) is 3.71. The van der Waals surface area contributed by atoms with Crippen molar-refractivity contribution in [3.63, 3.8) is 0 Å². The first kappa shape index (κ1) is 26.1. The van der Waals surface area contributed by atoms with Crippen molar-refractivity contribution in [2.24, 2.45) is 10.9 Å². The van der Waals surface area contributed by atoms with Gasteiger partial charge in [0.1, 0.15) is 0 Å². The summed E-state index contributed by atoms with van der Waals surface area (Å²) in [4.78, 5) is 21.5. The largest absolute Gasteiger partial charge is 0.364 e. The Bertz CT molecular complexity index is 953. The number of rotatable bonds is 9. The molecule has 0 spiro atoms. The van der Waals surface area contributed by atoms with Gasteiger partial charge >= 0.3 is 0 Å². The van der Waals surface area contributed by atoms with E-state index in [2.05, 4.69) is 83.1 Å². The molecule has 1 atom stereocenters. The average molecular weight is 574 g/mol. The molecular weight excluding hydrogens is 537 g/mol. The fourth-order valence-electron chi connectivity index (χ4n) is 4.37. The second-order valence-corrected chi connectivity index (χ2v) is 8.76. The van der Waals surface area contributed by atoms with Gasteiger partial charge in [0.15, 0.2) is 5.96 Å². The van der Waals surface area contributed by atoms with Crippen molar-refractivity contribution in [3.8, 4) is 0 Å². The molecule has 2 aliphatic heterocycles. The molecule has 7 heteroatoms. The first-order valence-electron chi connectivity index (χ1n) is 12.0. The fourth-order valence-corrected chi connectivity index (χ4v) is 4.37. The number of likely N-dealkylation sites (tertiary alicyclic amines) is 1. The molecule has 6 nitrogen and oxygen atoms in total. The van der Waals surface area contributed by atoms with Crippen molar-refractivity contribution in [3.05, 3.63) is 77.9 Å². The lowest BCUT2D eigenvalue weighted by Crippen LogP contribution is -2.40. The number of guanidine groups is 1. The van der Waals surface area contributed by atoms with Gasteiger partial charge in [-0.15, -0.1) is 24.0 Å². The molecule has 34 heavy (non-hydrogen) atoms. The number of nitrogens with one attached hydrogen (secondary N) is 2. The van der Waals surface area contributed by atoms with Crippen molar-refractivity contribution in [2.75, 3.05) is 44.2 Å². The van der Waals surface area contributed by atoms with Crippen LogP contribution < -0.4 is 15.5 Å². The number of carbonyl (C=O) groups excluding carboxylic acids is 1. The maximum atomic E-state index is 12.5. The van der Waals surface area contributed by atoms with E-state index in [1.807, 2.05) is 11.0 Å². The van der Waals surface area contributed by atoms with Gasteiger partial charge in [-0.3, -0.25) is 4.79 Å². The van der Waals surface area contributed by atoms with Crippen molar-refractivity contribution < 1.29 is 4.79 Å². The number of aliphatic imine (C=N–C) groups is 1. The number of carbonyl (C=O) groups is 1. The number of benzene rings is 2. The Hall–Kier alpha value is -2.55. The summed E-state index contributed by atoms with van der Waals surface area (Å²) in [6.07, 6.45) is 5.91. The van der Waals surface area contributed by atoms with Crippen LogP contribution in [0, 0.1) is 5.92 Å². The van der Waals surface area contributed by atoms with Gasteiger partial charge in [-0.2, -0.15) is 0 Å². The van der Waals surface area contributed by atoms with Gasteiger partial charge in [0.2, 0.25) is 5.91 Å². The van der Waals surface area contributed by atoms with Crippen LogP contribution in [0.5, 0.6) is 0 Å². The number of hydrogen-bond acceptors (Lipinski definition) is 3. The van der Waals surface area contributed by atoms with Gasteiger partial charge in [0.25, 0.3) is 0 Å². The zero-order chi connectivity index (χ0) is 22.9. The predicted molar refractivity (Wildman–Crippen MR) is 151 cm³/mol. The van der Waals surface area contributed by atoms with Crippen LogP contribution in [0.3, 0.4) is 0 Å². The highest BCUT2D eigenvalue weighted by Crippen LogP contribution is 2.19. The van der Waals surface area contributed by atoms with E-state index in [0.717, 1.165) is 51.6 Å². The minimum absolute atomic E-state index is 0. The minimum atomic E-state index is 0. The van der Waals surface area contributed by atoms with Crippen LogP contribution >= 0.6 is 24.0 Å². The van der Waals surface area contributed by atoms with Crippen LogP contribution in [0.15, 0.2) is 71.7 Å². The first-order chi connectivity index (χ1) is 16.2. The van der Waals surface area contributed by atoms with Crippen LogP contribution in [-0.4, -0.2) is 56.0 Å². The Labute approximate surface area is 220 Å². The summed E-state index contributed by atoms with van der Waals surface area (Å²) in [6.45, 7) is 7.82. The second-order valence-electron chi connectivity index (χ2n) is 8.76. The van der Waals surface area contributed by atoms with E-state index in [0.29, 0.717) is 18.9 Å². The monoisotopic (exact) mass is 573 g/mol. The summed E-state index contributed by atoms with van der Waals surface area (Å²) in [5.74, 6) is 1.37. The third kappa shape index (κ3) is 7.48. The second kappa shape index (κ2) is 13.4. The van der Waals surface area contributed by atoms with Crippen LogP contribution in [-0.2, 0) is 17.8 Å². The SMILES string of the molecule is CCNC(=NCc1ccc(N2CC=CC2)cc1)NCC1CC(=O)N(CCc2ccccc2)C1.I.